The number of rotatable bonds is 6. The van der Waals surface area contributed by atoms with Crippen LogP contribution in [0.5, 0.6) is 0 Å². The number of anilines is 1. The molecule has 3 aromatic carbocycles. The molecule has 4 aromatic rings. The molecular formula is C30H27FN4O2. The van der Waals surface area contributed by atoms with Gasteiger partial charge in [0.15, 0.2) is 0 Å². The Kier molecular flexibility index (Phi) is 7.33. The van der Waals surface area contributed by atoms with Crippen LogP contribution in [0.1, 0.15) is 26.4 Å². The summed E-state index contributed by atoms with van der Waals surface area (Å²) in [5.41, 5.74) is 4.36. The minimum absolute atomic E-state index is 0.102. The molecule has 0 atom stereocenters. The number of piperazine rings is 1. The van der Waals surface area contributed by atoms with Crippen LogP contribution in [-0.2, 0) is 6.54 Å². The zero-order valence-electron chi connectivity index (χ0n) is 20.3. The molecule has 1 fully saturated rings. The monoisotopic (exact) mass is 494 g/mol. The first-order valence-electron chi connectivity index (χ1n) is 12.2. The third kappa shape index (κ3) is 5.90. The molecule has 0 bridgehead atoms. The molecular weight excluding hydrogens is 467 g/mol. The Balaban J connectivity index is 1.18. The van der Waals surface area contributed by atoms with Crippen LogP contribution in [0, 0.1) is 5.82 Å². The molecule has 37 heavy (non-hydrogen) atoms. The third-order valence-corrected chi connectivity index (χ3v) is 6.48. The van der Waals surface area contributed by atoms with Crippen LogP contribution >= 0.6 is 0 Å². The van der Waals surface area contributed by atoms with Gasteiger partial charge in [0.25, 0.3) is 11.8 Å². The SMILES string of the molecule is O=C(Nc1ccccc1-c1ccccc1)c1ccc(C(=O)N2CCN(Cc3ccc(F)cc3)CC2)cn1. The molecule has 1 aromatic heterocycles. The van der Waals surface area contributed by atoms with Crippen LogP contribution in [0.4, 0.5) is 10.1 Å². The molecule has 186 valence electrons. The van der Waals surface area contributed by atoms with Gasteiger partial charge in [0, 0.05) is 50.2 Å². The Hall–Kier alpha value is -4.36. The van der Waals surface area contributed by atoms with E-state index >= 15 is 0 Å². The van der Waals surface area contributed by atoms with E-state index in [-0.39, 0.29) is 23.3 Å². The fourth-order valence-corrected chi connectivity index (χ4v) is 4.44. The number of hydrogen-bond acceptors (Lipinski definition) is 4. The molecule has 1 aliphatic heterocycles. The first-order valence-corrected chi connectivity index (χ1v) is 12.2. The molecule has 0 saturated carbocycles. The van der Waals surface area contributed by atoms with E-state index in [1.54, 1.807) is 29.2 Å². The molecule has 2 amide bonds. The van der Waals surface area contributed by atoms with Crippen molar-refractivity contribution in [2.45, 2.75) is 6.54 Å². The zero-order valence-corrected chi connectivity index (χ0v) is 20.3. The maximum absolute atomic E-state index is 13.1. The highest BCUT2D eigenvalue weighted by Gasteiger charge is 2.23. The highest BCUT2D eigenvalue weighted by molar-refractivity contribution is 6.05. The number of para-hydroxylation sites is 1. The number of halogens is 1. The molecule has 2 heterocycles. The van der Waals surface area contributed by atoms with E-state index in [9.17, 15) is 14.0 Å². The second-order valence-electron chi connectivity index (χ2n) is 8.99. The van der Waals surface area contributed by atoms with Crippen molar-refractivity contribution in [3.05, 3.63) is 120 Å². The molecule has 1 N–H and O–H groups in total. The number of hydrogen-bond donors (Lipinski definition) is 1. The van der Waals surface area contributed by atoms with Gasteiger partial charge in [-0.2, -0.15) is 0 Å². The van der Waals surface area contributed by atoms with Crippen LogP contribution in [-0.4, -0.2) is 52.8 Å². The summed E-state index contributed by atoms with van der Waals surface area (Å²) < 4.78 is 13.1. The predicted octanol–water partition coefficient (Wildman–Crippen LogP) is 5.10. The summed E-state index contributed by atoms with van der Waals surface area (Å²) in [5, 5.41) is 2.94. The Morgan fingerprint density at radius 1 is 0.811 bits per heavy atom. The van der Waals surface area contributed by atoms with E-state index in [0.717, 1.165) is 36.3 Å². The van der Waals surface area contributed by atoms with Crippen LogP contribution in [0.15, 0.2) is 97.2 Å². The van der Waals surface area contributed by atoms with Crippen LogP contribution in [0.2, 0.25) is 0 Å². The van der Waals surface area contributed by atoms with Gasteiger partial charge in [-0.1, -0.05) is 60.7 Å². The quantitative estimate of drug-likeness (QED) is 0.405. The van der Waals surface area contributed by atoms with Gasteiger partial charge < -0.3 is 10.2 Å². The first-order chi connectivity index (χ1) is 18.1. The lowest BCUT2D eigenvalue weighted by atomic mass is 10.0. The van der Waals surface area contributed by atoms with Gasteiger partial charge in [0.2, 0.25) is 0 Å². The third-order valence-electron chi connectivity index (χ3n) is 6.48. The van der Waals surface area contributed by atoms with Gasteiger partial charge in [-0.15, -0.1) is 0 Å². The standard InChI is InChI=1S/C30H27FN4O2/c31-25-13-10-22(11-14-25)21-34-16-18-35(19-17-34)30(37)24-12-15-28(32-20-24)29(36)33-27-9-5-4-8-26(27)23-6-2-1-3-7-23/h1-15,20H,16-19,21H2,(H,33,36). The van der Waals surface area contributed by atoms with E-state index in [1.807, 2.05) is 54.6 Å². The Bertz CT molecular complexity index is 1370. The molecule has 1 saturated heterocycles. The van der Waals surface area contributed by atoms with Gasteiger partial charge in [-0.25, -0.2) is 4.39 Å². The number of carbonyl (C=O) groups excluding carboxylic acids is 2. The highest BCUT2D eigenvalue weighted by atomic mass is 19.1. The smallest absolute Gasteiger partial charge is 0.274 e. The topological polar surface area (TPSA) is 65.5 Å². The van der Waals surface area contributed by atoms with Crippen molar-refractivity contribution in [1.29, 1.82) is 0 Å². The minimum atomic E-state index is -0.336. The highest BCUT2D eigenvalue weighted by Crippen LogP contribution is 2.27. The van der Waals surface area contributed by atoms with Gasteiger partial charge in [0.1, 0.15) is 11.5 Å². The van der Waals surface area contributed by atoms with Crippen molar-refractivity contribution in [3.63, 3.8) is 0 Å². The van der Waals surface area contributed by atoms with E-state index < -0.39 is 0 Å². The van der Waals surface area contributed by atoms with Gasteiger partial charge in [0.05, 0.1) is 5.56 Å². The maximum Gasteiger partial charge on any atom is 0.274 e. The predicted molar refractivity (Wildman–Crippen MR) is 142 cm³/mol. The van der Waals surface area contributed by atoms with Gasteiger partial charge in [-0.3, -0.25) is 19.5 Å². The second-order valence-corrected chi connectivity index (χ2v) is 8.99. The molecule has 0 radical (unpaired) electrons. The van der Waals surface area contributed by atoms with Crippen molar-refractivity contribution < 1.29 is 14.0 Å². The van der Waals surface area contributed by atoms with E-state index in [1.165, 1.54) is 18.3 Å². The van der Waals surface area contributed by atoms with Gasteiger partial charge >= 0.3 is 0 Å². The molecule has 6 nitrogen and oxygen atoms in total. The van der Waals surface area contributed by atoms with Crippen LogP contribution in [0.25, 0.3) is 11.1 Å². The van der Waals surface area contributed by atoms with Crippen molar-refractivity contribution in [2.75, 3.05) is 31.5 Å². The molecule has 0 unspecified atom stereocenters. The second kappa shape index (κ2) is 11.1. The van der Waals surface area contributed by atoms with Crippen molar-refractivity contribution >= 4 is 17.5 Å². The largest absolute Gasteiger partial charge is 0.336 e. The fraction of sp³-hybridized carbons (Fsp3) is 0.167. The summed E-state index contributed by atoms with van der Waals surface area (Å²) in [5.74, 6) is -0.680. The number of benzene rings is 3. The zero-order chi connectivity index (χ0) is 25.6. The summed E-state index contributed by atoms with van der Waals surface area (Å²) in [6, 6.07) is 27.2. The van der Waals surface area contributed by atoms with Crippen molar-refractivity contribution in [2.24, 2.45) is 0 Å². The molecule has 5 rings (SSSR count). The average Bonchev–Trinajstić information content (AvgIpc) is 2.95. The minimum Gasteiger partial charge on any atom is -0.336 e. The Morgan fingerprint density at radius 2 is 1.51 bits per heavy atom. The number of nitrogens with zero attached hydrogens (tertiary/aromatic N) is 3. The van der Waals surface area contributed by atoms with E-state index in [4.69, 9.17) is 0 Å². The van der Waals surface area contributed by atoms with Gasteiger partial charge in [-0.05, 0) is 41.5 Å². The average molecular weight is 495 g/mol. The lowest BCUT2D eigenvalue weighted by Gasteiger charge is -2.34. The molecule has 1 aliphatic rings. The molecule has 7 heteroatoms. The summed E-state index contributed by atoms with van der Waals surface area (Å²) in [6.07, 6.45) is 1.46. The van der Waals surface area contributed by atoms with E-state index in [2.05, 4.69) is 15.2 Å². The Labute approximate surface area is 215 Å². The summed E-state index contributed by atoms with van der Waals surface area (Å²) >= 11 is 0. The Morgan fingerprint density at radius 3 is 2.22 bits per heavy atom. The lowest BCUT2D eigenvalue weighted by Crippen LogP contribution is -2.48. The number of nitrogens with one attached hydrogen (secondary N) is 1. The summed E-state index contributed by atoms with van der Waals surface area (Å²) in [7, 11) is 0. The number of carbonyl (C=O) groups is 2. The fourth-order valence-electron chi connectivity index (χ4n) is 4.44. The molecule has 0 spiro atoms. The molecule has 0 aliphatic carbocycles. The number of amides is 2. The lowest BCUT2D eigenvalue weighted by molar-refractivity contribution is 0.0627. The summed E-state index contributed by atoms with van der Waals surface area (Å²) in [4.78, 5) is 34.2. The van der Waals surface area contributed by atoms with Crippen molar-refractivity contribution in [3.8, 4) is 11.1 Å². The normalized spacial score (nSPS) is 13.8. The first kappa shape index (κ1) is 24.3. The van der Waals surface area contributed by atoms with Crippen LogP contribution < -0.4 is 5.32 Å². The van der Waals surface area contributed by atoms with Crippen molar-refractivity contribution in [1.82, 2.24) is 14.8 Å². The summed E-state index contributed by atoms with van der Waals surface area (Å²) in [6.45, 7) is 3.38. The maximum atomic E-state index is 13.1. The number of pyridine rings is 1. The van der Waals surface area contributed by atoms with Crippen LogP contribution in [0.3, 0.4) is 0 Å². The number of aromatic nitrogens is 1. The van der Waals surface area contributed by atoms with E-state index in [0.29, 0.717) is 24.3 Å².